The molecule has 118 valence electrons. The second-order valence-electron chi connectivity index (χ2n) is 5.66. The summed E-state index contributed by atoms with van der Waals surface area (Å²) >= 11 is 5.92. The Morgan fingerprint density at radius 2 is 2.13 bits per heavy atom. The number of amides is 4. The summed E-state index contributed by atoms with van der Waals surface area (Å²) in [4.78, 5) is 41.1. The number of carbonyl (C=O) groups excluding carboxylic acids is 3. The number of nitrogens with zero attached hydrogens (tertiary/aromatic N) is 2. The number of rotatable bonds is 2. The van der Waals surface area contributed by atoms with E-state index in [2.05, 4.69) is 10.4 Å². The molecular weight excluding hydrogens is 320 g/mol. The van der Waals surface area contributed by atoms with E-state index in [0.717, 1.165) is 22.3 Å². The molecule has 2 fully saturated rings. The second-order valence-corrected chi connectivity index (χ2v) is 6.10. The van der Waals surface area contributed by atoms with Gasteiger partial charge in [0.25, 0.3) is 11.8 Å². The number of aromatic nitrogens is 1. The van der Waals surface area contributed by atoms with Crippen LogP contribution in [0.3, 0.4) is 0 Å². The first-order chi connectivity index (χ1) is 11.0. The number of aromatic amines is 1. The van der Waals surface area contributed by atoms with Crippen LogP contribution in [0.2, 0.25) is 5.02 Å². The largest absolute Gasteiger partial charge is 0.350 e. The normalized spacial score (nSPS) is 20.5. The van der Waals surface area contributed by atoms with Crippen molar-refractivity contribution in [1.82, 2.24) is 20.3 Å². The highest BCUT2D eigenvalue weighted by atomic mass is 35.5. The maximum absolute atomic E-state index is 12.3. The number of hydrogen-bond acceptors (Lipinski definition) is 3. The zero-order valence-corrected chi connectivity index (χ0v) is 12.8. The van der Waals surface area contributed by atoms with E-state index in [9.17, 15) is 14.4 Å². The third-order valence-electron chi connectivity index (χ3n) is 4.24. The highest BCUT2D eigenvalue weighted by molar-refractivity contribution is 6.31. The topological polar surface area (TPSA) is 85.5 Å². The van der Waals surface area contributed by atoms with Gasteiger partial charge in [-0.1, -0.05) is 11.6 Å². The first-order valence-electron chi connectivity index (χ1n) is 7.28. The van der Waals surface area contributed by atoms with Crippen molar-refractivity contribution in [2.45, 2.75) is 18.9 Å². The Kier molecular flexibility index (Phi) is 3.05. The molecule has 0 aliphatic carbocycles. The molecule has 2 saturated heterocycles. The highest BCUT2D eigenvalue weighted by Gasteiger charge is 2.48. The standard InChI is InChI=1S/C15H13ClN4O3/c16-9-3-4-10-8(6-9)7-11(17-10)13(21)18-20-14(22)12-2-1-5-19(12)15(20)23/h3-4,6-7,12,17H,1-2,5H2,(H,18,21). The predicted octanol–water partition coefficient (Wildman–Crippen LogP) is 1.89. The van der Waals surface area contributed by atoms with Gasteiger partial charge in [0.15, 0.2) is 0 Å². The van der Waals surface area contributed by atoms with Gasteiger partial charge in [0.2, 0.25) is 0 Å². The average Bonchev–Trinajstić information content (AvgIpc) is 3.20. The van der Waals surface area contributed by atoms with Crippen molar-refractivity contribution in [3.8, 4) is 0 Å². The van der Waals surface area contributed by atoms with Crippen LogP contribution < -0.4 is 5.43 Å². The highest BCUT2D eigenvalue weighted by Crippen LogP contribution is 2.26. The van der Waals surface area contributed by atoms with E-state index in [1.165, 1.54) is 4.90 Å². The maximum atomic E-state index is 12.3. The van der Waals surface area contributed by atoms with Crippen molar-refractivity contribution < 1.29 is 14.4 Å². The number of hydrazine groups is 1. The lowest BCUT2D eigenvalue weighted by Gasteiger charge is -2.15. The van der Waals surface area contributed by atoms with Crippen LogP contribution in [0.1, 0.15) is 23.3 Å². The fourth-order valence-electron chi connectivity index (χ4n) is 3.11. The molecule has 3 heterocycles. The molecule has 4 rings (SSSR count). The fraction of sp³-hybridized carbons (Fsp3) is 0.267. The molecule has 2 aromatic rings. The lowest BCUT2D eigenvalue weighted by atomic mass is 10.2. The monoisotopic (exact) mass is 332 g/mol. The van der Waals surface area contributed by atoms with Crippen LogP contribution in [-0.4, -0.2) is 45.3 Å². The van der Waals surface area contributed by atoms with Gasteiger partial charge < -0.3 is 9.88 Å². The molecular formula is C15H13ClN4O3. The summed E-state index contributed by atoms with van der Waals surface area (Å²) in [5.41, 5.74) is 3.40. The lowest BCUT2D eigenvalue weighted by Crippen LogP contribution is -2.47. The summed E-state index contributed by atoms with van der Waals surface area (Å²) in [6.45, 7) is 0.548. The minimum Gasteiger partial charge on any atom is -0.350 e. The number of fused-ring (bicyclic) bond motifs is 2. The lowest BCUT2D eigenvalue weighted by molar-refractivity contribution is -0.129. The smallest absolute Gasteiger partial charge is 0.346 e. The van der Waals surface area contributed by atoms with E-state index in [0.29, 0.717) is 18.0 Å². The zero-order chi connectivity index (χ0) is 16.1. The van der Waals surface area contributed by atoms with Crippen LogP contribution in [-0.2, 0) is 4.79 Å². The molecule has 0 saturated carbocycles. The van der Waals surface area contributed by atoms with Gasteiger partial charge in [-0.2, -0.15) is 5.01 Å². The van der Waals surface area contributed by atoms with Crippen LogP contribution in [0.5, 0.6) is 0 Å². The third kappa shape index (κ3) is 2.16. The summed E-state index contributed by atoms with van der Waals surface area (Å²) in [6.07, 6.45) is 1.45. The third-order valence-corrected chi connectivity index (χ3v) is 4.47. The van der Waals surface area contributed by atoms with E-state index in [4.69, 9.17) is 11.6 Å². The Morgan fingerprint density at radius 1 is 1.30 bits per heavy atom. The summed E-state index contributed by atoms with van der Waals surface area (Å²) in [5.74, 6) is -0.916. The number of carbonyl (C=O) groups is 3. The van der Waals surface area contributed by atoms with E-state index in [-0.39, 0.29) is 11.6 Å². The zero-order valence-electron chi connectivity index (χ0n) is 12.0. The molecule has 1 unspecified atom stereocenters. The van der Waals surface area contributed by atoms with Crippen LogP contribution in [0.4, 0.5) is 4.79 Å². The van der Waals surface area contributed by atoms with Gasteiger partial charge in [-0.25, -0.2) is 4.79 Å². The SMILES string of the molecule is O=C(NN1C(=O)C2CCCN2C1=O)c1cc2cc(Cl)ccc2[nH]1. The molecule has 1 atom stereocenters. The second kappa shape index (κ2) is 4.99. The predicted molar refractivity (Wildman–Crippen MR) is 82.7 cm³/mol. The number of imide groups is 1. The van der Waals surface area contributed by atoms with Crippen molar-refractivity contribution in [3.63, 3.8) is 0 Å². The molecule has 8 heteroatoms. The number of halogens is 1. The first-order valence-corrected chi connectivity index (χ1v) is 7.66. The Morgan fingerprint density at radius 3 is 2.91 bits per heavy atom. The van der Waals surface area contributed by atoms with Crippen molar-refractivity contribution in [3.05, 3.63) is 35.0 Å². The number of hydrogen-bond donors (Lipinski definition) is 2. The van der Waals surface area contributed by atoms with Crippen molar-refractivity contribution >= 4 is 40.3 Å². The van der Waals surface area contributed by atoms with Gasteiger partial charge in [0.1, 0.15) is 11.7 Å². The van der Waals surface area contributed by atoms with Gasteiger partial charge in [-0.05, 0) is 37.1 Å². The Hall–Kier alpha value is -2.54. The molecule has 2 aliphatic rings. The molecule has 0 spiro atoms. The van der Waals surface area contributed by atoms with E-state index in [1.807, 2.05) is 0 Å². The quantitative estimate of drug-likeness (QED) is 0.823. The first kappa shape index (κ1) is 14.1. The van der Waals surface area contributed by atoms with Crippen molar-refractivity contribution in [2.75, 3.05) is 6.54 Å². The van der Waals surface area contributed by atoms with Crippen molar-refractivity contribution in [2.24, 2.45) is 0 Å². The fourth-order valence-corrected chi connectivity index (χ4v) is 3.30. The molecule has 4 amide bonds. The molecule has 1 aromatic heterocycles. The molecule has 2 N–H and O–H groups in total. The van der Waals surface area contributed by atoms with Gasteiger partial charge >= 0.3 is 6.03 Å². The number of H-pyrrole nitrogens is 1. The molecule has 23 heavy (non-hydrogen) atoms. The minimum absolute atomic E-state index is 0.259. The van der Waals surface area contributed by atoms with Crippen LogP contribution in [0, 0.1) is 0 Å². The van der Waals surface area contributed by atoms with Crippen molar-refractivity contribution in [1.29, 1.82) is 0 Å². The molecule has 1 aromatic carbocycles. The van der Waals surface area contributed by atoms with Gasteiger partial charge in [0.05, 0.1) is 0 Å². The van der Waals surface area contributed by atoms with Gasteiger partial charge in [-0.15, -0.1) is 0 Å². The molecule has 0 radical (unpaired) electrons. The Bertz CT molecular complexity index is 824. The minimum atomic E-state index is -0.541. The van der Waals surface area contributed by atoms with E-state index in [1.54, 1.807) is 24.3 Å². The Balaban J connectivity index is 1.57. The summed E-state index contributed by atoms with van der Waals surface area (Å²) in [6, 6.07) is 5.92. The summed E-state index contributed by atoms with van der Waals surface area (Å²) in [5, 5.41) is 2.15. The van der Waals surface area contributed by atoms with Crippen LogP contribution in [0.15, 0.2) is 24.3 Å². The average molecular weight is 333 g/mol. The van der Waals surface area contributed by atoms with Crippen LogP contribution >= 0.6 is 11.6 Å². The number of benzene rings is 1. The van der Waals surface area contributed by atoms with E-state index >= 15 is 0 Å². The van der Waals surface area contributed by atoms with E-state index < -0.39 is 18.0 Å². The molecule has 0 bridgehead atoms. The molecule has 7 nitrogen and oxygen atoms in total. The maximum Gasteiger partial charge on any atom is 0.346 e. The Labute approximate surface area is 136 Å². The van der Waals surface area contributed by atoms with Gasteiger partial charge in [0, 0.05) is 22.5 Å². The number of urea groups is 1. The molecule has 2 aliphatic heterocycles. The summed E-state index contributed by atoms with van der Waals surface area (Å²) < 4.78 is 0. The van der Waals surface area contributed by atoms with Gasteiger partial charge in [-0.3, -0.25) is 15.0 Å². The van der Waals surface area contributed by atoms with Crippen LogP contribution in [0.25, 0.3) is 10.9 Å². The number of nitrogens with one attached hydrogen (secondary N) is 2. The summed E-state index contributed by atoms with van der Waals surface area (Å²) in [7, 11) is 0.